The summed E-state index contributed by atoms with van der Waals surface area (Å²) in [6.45, 7) is 0.818. The van der Waals surface area contributed by atoms with Gasteiger partial charge < -0.3 is 10.6 Å². The average molecular weight is 441 g/mol. The van der Waals surface area contributed by atoms with Crippen LogP contribution in [0.4, 0.5) is 11.5 Å². The Morgan fingerprint density at radius 3 is 2.03 bits per heavy atom. The van der Waals surface area contributed by atoms with E-state index in [1.807, 2.05) is 60.7 Å². The van der Waals surface area contributed by atoms with E-state index >= 15 is 0 Å². The Balaban J connectivity index is 1.61. The number of nitrogens with zero attached hydrogens (tertiary/aromatic N) is 2. The van der Waals surface area contributed by atoms with E-state index in [0.717, 1.165) is 11.1 Å². The van der Waals surface area contributed by atoms with Gasteiger partial charge in [0.1, 0.15) is 5.56 Å². The molecule has 0 saturated carbocycles. The molecule has 0 bridgehead atoms. The first kappa shape index (κ1) is 22.0. The van der Waals surface area contributed by atoms with Crippen molar-refractivity contribution in [3.63, 3.8) is 0 Å². The summed E-state index contributed by atoms with van der Waals surface area (Å²) in [4.78, 5) is 29.1. The smallest absolute Gasteiger partial charge is 0.324 e. The van der Waals surface area contributed by atoms with Gasteiger partial charge in [-0.05, 0) is 30.0 Å². The first-order chi connectivity index (χ1) is 16.1. The summed E-state index contributed by atoms with van der Waals surface area (Å²) >= 11 is 0. The number of carbonyl (C=O) groups excluding carboxylic acids is 1. The van der Waals surface area contributed by atoms with Crippen LogP contribution < -0.4 is 10.6 Å². The third-order valence-corrected chi connectivity index (χ3v) is 5.37. The summed E-state index contributed by atoms with van der Waals surface area (Å²) in [7, 11) is 0. The number of aromatic nitrogens is 1. The summed E-state index contributed by atoms with van der Waals surface area (Å²) in [6, 6.07) is 26.6. The lowest BCUT2D eigenvalue weighted by atomic mass is 10.1. The molecule has 4 aromatic rings. The number of carbonyl (C=O) groups is 1. The summed E-state index contributed by atoms with van der Waals surface area (Å²) in [5.41, 5.74) is 2.43. The Hall–Kier alpha value is -4.26. The zero-order valence-corrected chi connectivity index (χ0v) is 18.0. The lowest BCUT2D eigenvalue weighted by Crippen LogP contribution is -2.27. The van der Waals surface area contributed by atoms with Gasteiger partial charge in [0.25, 0.3) is 5.91 Å². The molecule has 0 unspecified atom stereocenters. The van der Waals surface area contributed by atoms with Gasteiger partial charge in [-0.1, -0.05) is 78.9 Å². The summed E-state index contributed by atoms with van der Waals surface area (Å²) in [6.07, 6.45) is 1.30. The van der Waals surface area contributed by atoms with Crippen LogP contribution in [0.1, 0.15) is 21.5 Å². The van der Waals surface area contributed by atoms with E-state index in [-0.39, 0.29) is 17.1 Å². The van der Waals surface area contributed by atoms with Gasteiger partial charge in [-0.15, -0.1) is 0 Å². The zero-order valence-electron chi connectivity index (χ0n) is 18.0. The molecule has 3 aromatic carbocycles. The molecule has 0 saturated heterocycles. The number of para-hydroxylation sites is 1. The van der Waals surface area contributed by atoms with E-state index in [0.29, 0.717) is 36.8 Å². The number of rotatable bonds is 9. The van der Waals surface area contributed by atoms with E-state index in [2.05, 4.69) is 15.6 Å². The molecular weight excluding hydrogens is 416 g/mol. The number of anilines is 1. The Bertz CT molecular complexity index is 1260. The van der Waals surface area contributed by atoms with Gasteiger partial charge in [-0.2, -0.15) is 0 Å². The maximum Gasteiger partial charge on any atom is 0.324 e. The van der Waals surface area contributed by atoms with Crippen LogP contribution in [0.2, 0.25) is 0 Å². The van der Waals surface area contributed by atoms with E-state index < -0.39 is 10.8 Å². The molecule has 2 N–H and O–H groups in total. The highest BCUT2D eigenvalue weighted by molar-refractivity contribution is 6.11. The molecule has 1 heterocycles. The lowest BCUT2D eigenvalue weighted by molar-refractivity contribution is -0.384. The van der Waals surface area contributed by atoms with E-state index in [1.54, 1.807) is 24.3 Å². The van der Waals surface area contributed by atoms with Crippen molar-refractivity contribution in [1.29, 1.82) is 0 Å². The molecule has 7 nitrogen and oxygen atoms in total. The maximum atomic E-state index is 13.2. The average Bonchev–Trinajstić information content (AvgIpc) is 2.84. The van der Waals surface area contributed by atoms with Gasteiger partial charge in [0.15, 0.2) is 0 Å². The molecule has 0 atom stereocenters. The highest BCUT2D eigenvalue weighted by atomic mass is 16.6. The number of fused-ring (bicyclic) bond motifs is 1. The molecule has 0 aliphatic rings. The second kappa shape index (κ2) is 10.4. The molecule has 1 amide bonds. The standard InChI is InChI=1S/C26H24N4O3/c31-26(28-18-16-20-11-5-2-6-12-20)23-21-13-7-8-14-22(21)29-25(24(23)30(32)33)27-17-15-19-9-3-1-4-10-19/h1-14H,15-18H2,(H,27,29)(H,28,31). The van der Waals surface area contributed by atoms with Crippen LogP contribution in [0, 0.1) is 10.1 Å². The summed E-state index contributed by atoms with van der Waals surface area (Å²) < 4.78 is 0. The van der Waals surface area contributed by atoms with Crippen LogP contribution in [0.25, 0.3) is 10.9 Å². The Morgan fingerprint density at radius 1 is 0.818 bits per heavy atom. The topological polar surface area (TPSA) is 97.2 Å². The molecule has 166 valence electrons. The van der Waals surface area contributed by atoms with Crippen LogP contribution in [0.3, 0.4) is 0 Å². The van der Waals surface area contributed by atoms with Gasteiger partial charge in [0, 0.05) is 18.5 Å². The number of hydrogen-bond donors (Lipinski definition) is 2. The van der Waals surface area contributed by atoms with E-state index in [4.69, 9.17) is 0 Å². The highest BCUT2D eigenvalue weighted by Gasteiger charge is 2.29. The van der Waals surface area contributed by atoms with Crippen LogP contribution in [0.15, 0.2) is 84.9 Å². The Kier molecular flexibility index (Phi) is 6.90. The Morgan fingerprint density at radius 2 is 1.39 bits per heavy atom. The number of pyridine rings is 1. The van der Waals surface area contributed by atoms with Gasteiger partial charge in [0.2, 0.25) is 5.82 Å². The second-order valence-electron chi connectivity index (χ2n) is 7.61. The third-order valence-electron chi connectivity index (χ3n) is 5.37. The van der Waals surface area contributed by atoms with Gasteiger partial charge in [-0.3, -0.25) is 14.9 Å². The molecule has 33 heavy (non-hydrogen) atoms. The molecule has 0 spiro atoms. The minimum atomic E-state index is -0.531. The summed E-state index contributed by atoms with van der Waals surface area (Å²) in [5.74, 6) is -0.384. The molecule has 0 aliphatic carbocycles. The predicted octanol–water partition coefficient (Wildman–Crippen LogP) is 4.77. The van der Waals surface area contributed by atoms with Crippen molar-refractivity contribution >= 4 is 28.3 Å². The quantitative estimate of drug-likeness (QED) is 0.289. The van der Waals surface area contributed by atoms with Crippen LogP contribution in [-0.2, 0) is 12.8 Å². The fraction of sp³-hybridized carbons (Fsp3) is 0.154. The van der Waals surface area contributed by atoms with Crippen molar-refractivity contribution in [2.24, 2.45) is 0 Å². The van der Waals surface area contributed by atoms with E-state index in [1.165, 1.54) is 0 Å². The number of hydrogen-bond acceptors (Lipinski definition) is 5. The molecule has 4 rings (SSSR count). The van der Waals surface area contributed by atoms with Crippen molar-refractivity contribution in [1.82, 2.24) is 10.3 Å². The van der Waals surface area contributed by atoms with Crippen LogP contribution in [0.5, 0.6) is 0 Å². The normalized spacial score (nSPS) is 10.7. The third kappa shape index (κ3) is 5.33. The molecule has 1 aromatic heterocycles. The molecule has 0 fully saturated rings. The first-order valence-corrected chi connectivity index (χ1v) is 10.8. The largest absolute Gasteiger partial charge is 0.364 e. The van der Waals surface area contributed by atoms with Gasteiger partial charge in [-0.25, -0.2) is 4.98 Å². The number of benzene rings is 3. The fourth-order valence-corrected chi connectivity index (χ4v) is 3.76. The van der Waals surface area contributed by atoms with Crippen molar-refractivity contribution in [3.8, 4) is 0 Å². The second-order valence-corrected chi connectivity index (χ2v) is 7.61. The summed E-state index contributed by atoms with van der Waals surface area (Å²) in [5, 5.41) is 18.4. The minimum Gasteiger partial charge on any atom is -0.364 e. The van der Waals surface area contributed by atoms with E-state index in [9.17, 15) is 14.9 Å². The van der Waals surface area contributed by atoms with Crippen LogP contribution in [-0.4, -0.2) is 28.9 Å². The number of amides is 1. The number of nitro groups is 1. The predicted molar refractivity (Wildman–Crippen MR) is 130 cm³/mol. The molecule has 7 heteroatoms. The van der Waals surface area contributed by atoms with Crippen molar-refractivity contribution in [2.75, 3.05) is 18.4 Å². The monoisotopic (exact) mass is 440 g/mol. The lowest BCUT2D eigenvalue weighted by Gasteiger charge is -2.13. The Labute approximate surface area is 191 Å². The molecule has 0 radical (unpaired) electrons. The van der Waals surface area contributed by atoms with Gasteiger partial charge >= 0.3 is 5.69 Å². The number of nitrogens with one attached hydrogen (secondary N) is 2. The first-order valence-electron chi connectivity index (χ1n) is 10.8. The maximum absolute atomic E-state index is 13.2. The van der Waals surface area contributed by atoms with Crippen molar-refractivity contribution in [3.05, 3.63) is 112 Å². The van der Waals surface area contributed by atoms with Gasteiger partial charge in [0.05, 0.1) is 10.4 Å². The highest BCUT2D eigenvalue weighted by Crippen LogP contribution is 2.33. The molecule has 0 aliphatic heterocycles. The molecular formula is C26H24N4O3. The minimum absolute atomic E-state index is 0.0286. The SMILES string of the molecule is O=C(NCCc1ccccc1)c1c([N+](=O)[O-])c(NCCc2ccccc2)nc2ccccc12. The van der Waals surface area contributed by atoms with Crippen molar-refractivity contribution in [2.45, 2.75) is 12.8 Å². The van der Waals surface area contributed by atoms with Crippen LogP contribution >= 0.6 is 0 Å². The fourth-order valence-electron chi connectivity index (χ4n) is 3.76. The zero-order chi connectivity index (χ0) is 23.0. The van der Waals surface area contributed by atoms with Crippen molar-refractivity contribution < 1.29 is 9.72 Å².